The average molecular weight is 314 g/mol. The van der Waals surface area contributed by atoms with Crippen molar-refractivity contribution < 1.29 is 0 Å². The largest absolute Gasteiger partial charge is 0.398 e. The number of thioether (sulfide) groups is 1. The Morgan fingerprint density at radius 1 is 1.31 bits per heavy atom. The molecule has 0 aliphatic rings. The molecule has 0 aliphatic heterocycles. The van der Waals surface area contributed by atoms with Crippen LogP contribution in [0.4, 0.5) is 5.69 Å². The first-order chi connectivity index (χ1) is 7.75. The summed E-state index contributed by atoms with van der Waals surface area (Å²) in [6.45, 7) is 0. The zero-order valence-corrected chi connectivity index (χ0v) is 11.9. The third kappa shape index (κ3) is 3.27. The molecule has 0 atom stereocenters. The molecule has 0 spiro atoms. The number of nitrogen functional groups attached to an aromatic ring is 1. The molecule has 1 aromatic heterocycles. The first kappa shape index (κ1) is 12.0. The molecule has 2 rings (SSSR count). The summed E-state index contributed by atoms with van der Waals surface area (Å²) in [5.74, 6) is 1.08. The predicted molar refractivity (Wildman–Crippen MR) is 77.3 cm³/mol. The van der Waals surface area contributed by atoms with Gasteiger partial charge in [0.15, 0.2) is 0 Å². The monoisotopic (exact) mass is 313 g/mol. The first-order valence-corrected chi connectivity index (χ1v) is 7.62. The number of nitrogens with two attached hydrogens (primary N) is 1. The Morgan fingerprint density at radius 2 is 2.19 bits per heavy atom. The van der Waals surface area contributed by atoms with E-state index in [4.69, 9.17) is 5.73 Å². The fourth-order valence-electron chi connectivity index (χ4n) is 1.37. The number of hydrogen-bond donors (Lipinski definition) is 1. The summed E-state index contributed by atoms with van der Waals surface area (Å²) in [7, 11) is 0. The van der Waals surface area contributed by atoms with Gasteiger partial charge in [0, 0.05) is 25.7 Å². The fraction of sp³-hybridized carbons (Fsp3) is 0.167. The number of halogens is 1. The standard InChI is InChI=1S/C12H12BrNS2/c13-9-3-4-12(11(14)8-9)16-7-5-10-2-1-6-15-10/h1-4,6,8H,5,7,14H2. The van der Waals surface area contributed by atoms with Crippen molar-refractivity contribution in [2.45, 2.75) is 11.3 Å². The van der Waals surface area contributed by atoms with Crippen LogP contribution in [0.3, 0.4) is 0 Å². The quantitative estimate of drug-likeness (QED) is 0.667. The highest BCUT2D eigenvalue weighted by Gasteiger charge is 2.01. The van der Waals surface area contributed by atoms with Gasteiger partial charge in [-0.1, -0.05) is 22.0 Å². The molecule has 0 bridgehead atoms. The second-order valence-electron chi connectivity index (χ2n) is 3.36. The Hall–Kier alpha value is -0.450. The summed E-state index contributed by atoms with van der Waals surface area (Å²) < 4.78 is 1.03. The molecular formula is C12H12BrNS2. The first-order valence-electron chi connectivity index (χ1n) is 4.96. The lowest BCUT2D eigenvalue weighted by molar-refractivity contribution is 1.20. The molecule has 84 valence electrons. The van der Waals surface area contributed by atoms with E-state index in [-0.39, 0.29) is 0 Å². The van der Waals surface area contributed by atoms with E-state index in [9.17, 15) is 0 Å². The molecule has 0 amide bonds. The van der Waals surface area contributed by atoms with Gasteiger partial charge in [-0.25, -0.2) is 0 Å². The maximum Gasteiger partial charge on any atom is 0.0463 e. The lowest BCUT2D eigenvalue weighted by Gasteiger charge is -2.05. The minimum absolute atomic E-state index is 0.852. The molecule has 1 heterocycles. The van der Waals surface area contributed by atoms with Crippen molar-refractivity contribution in [3.63, 3.8) is 0 Å². The number of anilines is 1. The van der Waals surface area contributed by atoms with Crippen molar-refractivity contribution in [1.82, 2.24) is 0 Å². The Bertz CT molecular complexity index is 454. The van der Waals surface area contributed by atoms with Gasteiger partial charge in [0.05, 0.1) is 0 Å². The molecule has 0 saturated carbocycles. The van der Waals surface area contributed by atoms with Crippen LogP contribution in [0.15, 0.2) is 45.1 Å². The minimum Gasteiger partial charge on any atom is -0.398 e. The summed E-state index contributed by atoms with van der Waals surface area (Å²) >= 11 is 7.04. The van der Waals surface area contributed by atoms with Crippen LogP contribution in [0.1, 0.15) is 4.88 Å². The molecule has 2 aromatic rings. The highest BCUT2D eigenvalue weighted by atomic mass is 79.9. The number of rotatable bonds is 4. The van der Waals surface area contributed by atoms with Crippen LogP contribution in [0, 0.1) is 0 Å². The predicted octanol–water partition coefficient (Wildman–Crippen LogP) is 4.43. The van der Waals surface area contributed by atoms with E-state index in [0.29, 0.717) is 0 Å². The SMILES string of the molecule is Nc1cc(Br)ccc1SCCc1cccs1. The Balaban J connectivity index is 1.90. The Morgan fingerprint density at radius 3 is 2.88 bits per heavy atom. The van der Waals surface area contributed by atoms with Crippen LogP contribution in [0.2, 0.25) is 0 Å². The molecule has 0 radical (unpaired) electrons. The fourth-order valence-corrected chi connectivity index (χ4v) is 3.52. The van der Waals surface area contributed by atoms with Crippen LogP contribution in [-0.2, 0) is 6.42 Å². The minimum atomic E-state index is 0.852. The van der Waals surface area contributed by atoms with Crippen molar-refractivity contribution in [3.8, 4) is 0 Å². The highest BCUT2D eigenvalue weighted by molar-refractivity contribution is 9.10. The molecule has 0 saturated heterocycles. The lowest BCUT2D eigenvalue weighted by Crippen LogP contribution is -1.90. The number of hydrogen-bond acceptors (Lipinski definition) is 3. The highest BCUT2D eigenvalue weighted by Crippen LogP contribution is 2.28. The number of benzene rings is 1. The molecule has 2 N–H and O–H groups in total. The second-order valence-corrected chi connectivity index (χ2v) is 6.44. The number of aryl methyl sites for hydroxylation is 1. The van der Waals surface area contributed by atoms with Gasteiger partial charge in [0.2, 0.25) is 0 Å². The molecule has 0 fully saturated rings. The van der Waals surface area contributed by atoms with Gasteiger partial charge < -0.3 is 5.73 Å². The van der Waals surface area contributed by atoms with E-state index in [1.807, 2.05) is 35.2 Å². The van der Waals surface area contributed by atoms with Crippen molar-refractivity contribution in [2.75, 3.05) is 11.5 Å². The van der Waals surface area contributed by atoms with Gasteiger partial charge in [0.25, 0.3) is 0 Å². The summed E-state index contributed by atoms with van der Waals surface area (Å²) in [6.07, 6.45) is 1.11. The van der Waals surface area contributed by atoms with E-state index in [1.165, 1.54) is 9.77 Å². The molecule has 0 unspecified atom stereocenters. The molecule has 4 heteroatoms. The average Bonchev–Trinajstić information content (AvgIpc) is 2.74. The van der Waals surface area contributed by atoms with Gasteiger partial charge in [-0.05, 0) is 36.1 Å². The van der Waals surface area contributed by atoms with Crippen LogP contribution < -0.4 is 5.73 Å². The Labute approximate surface area is 112 Å². The lowest BCUT2D eigenvalue weighted by atomic mass is 10.3. The van der Waals surface area contributed by atoms with Crippen molar-refractivity contribution in [1.29, 1.82) is 0 Å². The normalized spacial score (nSPS) is 10.6. The molecule has 16 heavy (non-hydrogen) atoms. The number of thiophene rings is 1. The summed E-state index contributed by atoms with van der Waals surface area (Å²) in [4.78, 5) is 2.60. The molecule has 0 aliphatic carbocycles. The maximum absolute atomic E-state index is 5.93. The third-order valence-electron chi connectivity index (χ3n) is 2.16. The molecular weight excluding hydrogens is 302 g/mol. The second kappa shape index (κ2) is 5.75. The van der Waals surface area contributed by atoms with Gasteiger partial charge >= 0.3 is 0 Å². The Kier molecular flexibility index (Phi) is 4.32. The van der Waals surface area contributed by atoms with E-state index in [1.54, 1.807) is 0 Å². The van der Waals surface area contributed by atoms with Crippen LogP contribution in [0.5, 0.6) is 0 Å². The summed E-state index contributed by atoms with van der Waals surface area (Å²) in [5, 5.41) is 2.12. The summed E-state index contributed by atoms with van der Waals surface area (Å²) in [5.41, 5.74) is 6.78. The van der Waals surface area contributed by atoms with Crippen LogP contribution in [0.25, 0.3) is 0 Å². The van der Waals surface area contributed by atoms with E-state index in [2.05, 4.69) is 39.5 Å². The van der Waals surface area contributed by atoms with E-state index < -0.39 is 0 Å². The van der Waals surface area contributed by atoms with E-state index >= 15 is 0 Å². The molecule has 1 aromatic carbocycles. The third-order valence-corrected chi connectivity index (χ3v) is 4.68. The zero-order valence-electron chi connectivity index (χ0n) is 8.65. The topological polar surface area (TPSA) is 26.0 Å². The summed E-state index contributed by atoms with van der Waals surface area (Å²) in [6, 6.07) is 10.3. The van der Waals surface area contributed by atoms with Gasteiger partial charge in [-0.3, -0.25) is 0 Å². The van der Waals surface area contributed by atoms with Gasteiger partial charge in [-0.15, -0.1) is 23.1 Å². The van der Waals surface area contributed by atoms with Gasteiger partial charge in [-0.2, -0.15) is 0 Å². The zero-order chi connectivity index (χ0) is 11.4. The van der Waals surface area contributed by atoms with Crippen LogP contribution in [-0.4, -0.2) is 5.75 Å². The smallest absolute Gasteiger partial charge is 0.0463 e. The van der Waals surface area contributed by atoms with E-state index in [0.717, 1.165) is 22.3 Å². The molecule has 1 nitrogen and oxygen atoms in total. The van der Waals surface area contributed by atoms with Crippen molar-refractivity contribution in [2.24, 2.45) is 0 Å². The van der Waals surface area contributed by atoms with Crippen molar-refractivity contribution in [3.05, 3.63) is 45.1 Å². The maximum atomic E-state index is 5.93. The van der Waals surface area contributed by atoms with Crippen molar-refractivity contribution >= 4 is 44.7 Å². The van der Waals surface area contributed by atoms with Crippen LogP contribution >= 0.6 is 39.0 Å². The van der Waals surface area contributed by atoms with Gasteiger partial charge in [0.1, 0.15) is 0 Å².